The molecular formula is C33H34F3N5O3S. The second-order valence-electron chi connectivity index (χ2n) is 11.5. The maximum absolute atomic E-state index is 14.0. The molecule has 2 aliphatic rings. The highest BCUT2D eigenvalue weighted by atomic mass is 32.1. The van der Waals surface area contributed by atoms with Gasteiger partial charge in [0, 0.05) is 31.2 Å². The van der Waals surface area contributed by atoms with Crippen LogP contribution >= 0.6 is 11.3 Å². The molecule has 1 saturated heterocycles. The Morgan fingerprint density at radius 3 is 2.56 bits per heavy atom. The van der Waals surface area contributed by atoms with Crippen molar-refractivity contribution in [3.8, 4) is 16.4 Å². The third-order valence-electron chi connectivity index (χ3n) is 8.39. The van der Waals surface area contributed by atoms with Gasteiger partial charge >= 0.3 is 12.1 Å². The average molecular weight is 638 g/mol. The van der Waals surface area contributed by atoms with Crippen molar-refractivity contribution >= 4 is 28.9 Å². The van der Waals surface area contributed by atoms with E-state index in [0.717, 1.165) is 66.7 Å². The SMILES string of the molecule is CCOC(=O)c1cnn(-c2cccc(-c3sccc3CNc3ccc(C4CCN(C(=O)C5CC5)CC4)cc3C)n2)c1C(F)(F)F. The second kappa shape index (κ2) is 12.7. The van der Waals surface area contributed by atoms with Crippen molar-refractivity contribution in [2.45, 2.75) is 58.2 Å². The summed E-state index contributed by atoms with van der Waals surface area (Å²) < 4.78 is 47.6. The smallest absolute Gasteiger partial charge is 0.434 e. The maximum atomic E-state index is 14.0. The molecule has 1 amide bonds. The number of benzene rings is 1. The molecular weight excluding hydrogens is 603 g/mol. The van der Waals surface area contributed by atoms with Gasteiger partial charge in [0.05, 0.1) is 23.4 Å². The fourth-order valence-corrected chi connectivity index (χ4v) is 6.77. The molecule has 0 radical (unpaired) electrons. The van der Waals surface area contributed by atoms with Crippen molar-refractivity contribution in [3.63, 3.8) is 0 Å². The standard InChI is InChI=1S/C33H34F3N5O3S/c1-3-44-32(43)25-19-38-41(30(25)33(34,35)36)28-6-4-5-27(39-28)29-24(13-16-45-29)18-37-26-10-9-23(17-20(26)2)21-11-14-40(15-12-21)31(42)22-7-8-22/h4-6,9-10,13,16-17,19,21-22,37H,3,7-8,11-12,14-15,18H2,1-2H3. The number of hydrogen-bond donors (Lipinski definition) is 1. The predicted molar refractivity (Wildman–Crippen MR) is 165 cm³/mol. The van der Waals surface area contributed by atoms with Gasteiger partial charge < -0.3 is 15.0 Å². The molecule has 1 aliphatic heterocycles. The van der Waals surface area contributed by atoms with Crippen LogP contribution in [0.3, 0.4) is 0 Å². The molecule has 0 bridgehead atoms. The first-order chi connectivity index (χ1) is 21.6. The van der Waals surface area contributed by atoms with E-state index in [-0.39, 0.29) is 18.3 Å². The number of rotatable bonds is 9. The van der Waals surface area contributed by atoms with Gasteiger partial charge in [0.2, 0.25) is 5.91 Å². The van der Waals surface area contributed by atoms with Crippen LogP contribution in [0.25, 0.3) is 16.4 Å². The number of anilines is 1. The molecule has 1 saturated carbocycles. The van der Waals surface area contributed by atoms with Gasteiger partial charge in [-0.05, 0) is 91.8 Å². The van der Waals surface area contributed by atoms with Crippen molar-refractivity contribution in [2.24, 2.45) is 5.92 Å². The molecule has 2 fully saturated rings. The second-order valence-corrected chi connectivity index (χ2v) is 12.4. The molecule has 45 heavy (non-hydrogen) atoms. The number of esters is 1. The molecule has 4 heterocycles. The zero-order valence-electron chi connectivity index (χ0n) is 25.1. The van der Waals surface area contributed by atoms with Gasteiger partial charge in [-0.15, -0.1) is 11.3 Å². The lowest BCUT2D eigenvalue weighted by atomic mass is 9.88. The van der Waals surface area contributed by atoms with Crippen LogP contribution in [-0.4, -0.2) is 51.2 Å². The zero-order valence-corrected chi connectivity index (χ0v) is 25.9. The number of nitrogens with zero attached hydrogens (tertiary/aromatic N) is 4. The topological polar surface area (TPSA) is 89.4 Å². The van der Waals surface area contributed by atoms with Crippen LogP contribution in [0, 0.1) is 12.8 Å². The monoisotopic (exact) mass is 637 g/mol. The fraction of sp³-hybridized carbons (Fsp3) is 0.394. The number of aryl methyl sites for hydroxylation is 1. The zero-order chi connectivity index (χ0) is 31.7. The van der Waals surface area contributed by atoms with E-state index >= 15 is 0 Å². The summed E-state index contributed by atoms with van der Waals surface area (Å²) in [4.78, 5) is 32.0. The van der Waals surface area contributed by atoms with E-state index in [1.807, 2.05) is 16.3 Å². The number of hydrogen-bond acceptors (Lipinski definition) is 7. The molecule has 3 aromatic heterocycles. The van der Waals surface area contributed by atoms with Gasteiger partial charge in [0.25, 0.3) is 0 Å². The number of likely N-dealkylation sites (tertiary alicyclic amines) is 1. The molecule has 6 rings (SSSR count). The number of carbonyl (C=O) groups is 2. The quantitative estimate of drug-likeness (QED) is 0.195. The van der Waals surface area contributed by atoms with E-state index in [9.17, 15) is 22.8 Å². The first-order valence-electron chi connectivity index (χ1n) is 15.1. The fourth-order valence-electron chi connectivity index (χ4n) is 5.87. The summed E-state index contributed by atoms with van der Waals surface area (Å²) in [5.41, 5.74) is 2.97. The average Bonchev–Trinajstić information content (AvgIpc) is 3.59. The molecule has 4 aromatic rings. The highest BCUT2D eigenvalue weighted by molar-refractivity contribution is 7.13. The van der Waals surface area contributed by atoms with E-state index in [2.05, 4.69) is 40.5 Å². The van der Waals surface area contributed by atoms with Gasteiger partial charge in [-0.2, -0.15) is 18.3 Å². The molecule has 1 aliphatic carbocycles. The van der Waals surface area contributed by atoms with E-state index in [0.29, 0.717) is 28.7 Å². The number of aromatic nitrogens is 3. The highest BCUT2D eigenvalue weighted by Crippen LogP contribution is 2.37. The number of thiophene rings is 1. The highest BCUT2D eigenvalue weighted by Gasteiger charge is 2.41. The minimum absolute atomic E-state index is 0.0585. The third-order valence-corrected chi connectivity index (χ3v) is 9.37. The lowest BCUT2D eigenvalue weighted by Gasteiger charge is -2.32. The molecule has 236 valence electrons. The largest absolute Gasteiger partial charge is 0.462 e. The van der Waals surface area contributed by atoms with Gasteiger partial charge in [-0.25, -0.2) is 14.5 Å². The Kier molecular flexibility index (Phi) is 8.67. The number of halogens is 3. The summed E-state index contributed by atoms with van der Waals surface area (Å²) >= 11 is 1.44. The van der Waals surface area contributed by atoms with Crippen LogP contribution in [0.1, 0.15) is 71.3 Å². The van der Waals surface area contributed by atoms with Crippen LogP contribution in [0.5, 0.6) is 0 Å². The molecule has 1 N–H and O–H groups in total. The molecule has 0 atom stereocenters. The molecule has 0 unspecified atom stereocenters. The van der Waals surface area contributed by atoms with Gasteiger partial charge in [0.1, 0.15) is 5.56 Å². The lowest BCUT2D eigenvalue weighted by Crippen LogP contribution is -2.38. The Balaban J connectivity index is 1.15. The van der Waals surface area contributed by atoms with Crippen LogP contribution in [-0.2, 0) is 22.3 Å². The number of alkyl halides is 3. The summed E-state index contributed by atoms with van der Waals surface area (Å²) in [5.74, 6) is -0.120. The molecule has 1 aromatic carbocycles. The first kappa shape index (κ1) is 30.8. The minimum Gasteiger partial charge on any atom is -0.462 e. The van der Waals surface area contributed by atoms with Crippen LogP contribution in [0.4, 0.5) is 18.9 Å². The Morgan fingerprint density at radius 2 is 1.87 bits per heavy atom. The number of piperidine rings is 1. The number of pyridine rings is 1. The van der Waals surface area contributed by atoms with Gasteiger partial charge in [-0.3, -0.25) is 4.79 Å². The van der Waals surface area contributed by atoms with Gasteiger partial charge in [-0.1, -0.05) is 18.2 Å². The van der Waals surface area contributed by atoms with E-state index in [1.54, 1.807) is 12.1 Å². The van der Waals surface area contributed by atoms with E-state index in [1.165, 1.54) is 29.9 Å². The van der Waals surface area contributed by atoms with Crippen molar-refractivity contribution in [1.82, 2.24) is 19.7 Å². The number of carbonyl (C=O) groups excluding carboxylic acids is 2. The summed E-state index contributed by atoms with van der Waals surface area (Å²) in [6, 6.07) is 13.2. The summed E-state index contributed by atoms with van der Waals surface area (Å²) in [5, 5.41) is 9.29. The summed E-state index contributed by atoms with van der Waals surface area (Å²) in [6.07, 6.45) is 0.0336. The Hall–Kier alpha value is -4.19. The number of amides is 1. The van der Waals surface area contributed by atoms with Crippen molar-refractivity contribution < 1.29 is 27.5 Å². The van der Waals surface area contributed by atoms with Crippen molar-refractivity contribution in [3.05, 3.63) is 82.0 Å². The Bertz CT molecular complexity index is 1700. The third kappa shape index (κ3) is 6.61. The number of ether oxygens (including phenoxy) is 1. The molecule has 0 spiro atoms. The Labute approximate surface area is 263 Å². The number of nitrogens with one attached hydrogen (secondary N) is 1. The first-order valence-corrected chi connectivity index (χ1v) is 16.0. The van der Waals surface area contributed by atoms with Crippen molar-refractivity contribution in [1.29, 1.82) is 0 Å². The van der Waals surface area contributed by atoms with Gasteiger partial charge in [0.15, 0.2) is 11.5 Å². The predicted octanol–water partition coefficient (Wildman–Crippen LogP) is 7.23. The maximum Gasteiger partial charge on any atom is 0.434 e. The molecule has 8 nitrogen and oxygen atoms in total. The molecule has 12 heteroatoms. The van der Waals surface area contributed by atoms with Crippen molar-refractivity contribution in [2.75, 3.05) is 25.0 Å². The van der Waals surface area contributed by atoms with E-state index < -0.39 is 23.4 Å². The van der Waals surface area contributed by atoms with E-state index in [4.69, 9.17) is 4.74 Å². The van der Waals surface area contributed by atoms with Crippen LogP contribution in [0.2, 0.25) is 0 Å². The van der Waals surface area contributed by atoms with Crippen LogP contribution in [0.15, 0.2) is 54.0 Å². The Morgan fingerprint density at radius 1 is 1.09 bits per heavy atom. The lowest BCUT2D eigenvalue weighted by molar-refractivity contribution is -0.143. The minimum atomic E-state index is -4.85. The van der Waals surface area contributed by atoms with Crippen LogP contribution < -0.4 is 5.32 Å². The summed E-state index contributed by atoms with van der Waals surface area (Å²) in [7, 11) is 0. The summed E-state index contributed by atoms with van der Waals surface area (Å²) in [6.45, 7) is 5.67. The normalized spacial score (nSPS) is 15.7.